The van der Waals surface area contributed by atoms with Gasteiger partial charge in [0.25, 0.3) is 0 Å². The molecule has 0 aromatic carbocycles. The first-order chi connectivity index (χ1) is 10.2. The zero-order chi connectivity index (χ0) is 15.1. The Morgan fingerprint density at radius 3 is 2.43 bits per heavy atom. The van der Waals surface area contributed by atoms with Gasteiger partial charge in [-0.25, -0.2) is 0 Å². The van der Waals surface area contributed by atoms with E-state index in [-0.39, 0.29) is 12.0 Å². The molecule has 5 nitrogen and oxygen atoms in total. The van der Waals surface area contributed by atoms with Gasteiger partial charge in [-0.3, -0.25) is 14.8 Å². The van der Waals surface area contributed by atoms with E-state index in [1.165, 1.54) is 6.92 Å². The summed E-state index contributed by atoms with van der Waals surface area (Å²) in [6.45, 7) is 3.86. The van der Waals surface area contributed by atoms with Crippen LogP contribution in [0.4, 0.5) is 0 Å². The molecule has 1 unspecified atom stereocenters. The van der Waals surface area contributed by atoms with Gasteiger partial charge in [-0.2, -0.15) is 0 Å². The molecule has 5 heteroatoms. The van der Waals surface area contributed by atoms with Crippen molar-refractivity contribution in [1.82, 2.24) is 15.0 Å². The Kier molecular flexibility index (Phi) is 5.40. The lowest BCUT2D eigenvalue weighted by Gasteiger charge is -2.28. The number of carbonyl (C=O) groups is 1. The Balaban J connectivity index is 2.23. The van der Waals surface area contributed by atoms with Crippen molar-refractivity contribution in [3.05, 3.63) is 60.2 Å². The molecular weight excluding hydrogens is 266 g/mol. The lowest BCUT2D eigenvalue weighted by molar-refractivity contribution is -0.205. The molecule has 110 valence electrons. The fourth-order valence-corrected chi connectivity index (χ4v) is 2.16. The van der Waals surface area contributed by atoms with Crippen LogP contribution in [0, 0.1) is 0 Å². The van der Waals surface area contributed by atoms with Crippen molar-refractivity contribution in [1.29, 1.82) is 0 Å². The second-order valence-corrected chi connectivity index (χ2v) is 4.66. The Bertz CT molecular complexity index is 560. The smallest absolute Gasteiger partial charge is 0.322 e. The molecule has 0 amide bonds. The second-order valence-electron chi connectivity index (χ2n) is 4.66. The summed E-state index contributed by atoms with van der Waals surface area (Å²) in [6, 6.07) is 11.3. The molecule has 2 aromatic rings. The highest BCUT2D eigenvalue weighted by molar-refractivity contribution is 5.65. The molecule has 2 rings (SSSR count). The number of rotatable bonds is 6. The van der Waals surface area contributed by atoms with Crippen LogP contribution in [-0.2, 0) is 16.2 Å². The third-order valence-corrected chi connectivity index (χ3v) is 3.05. The van der Waals surface area contributed by atoms with Crippen molar-refractivity contribution in [3.8, 4) is 0 Å². The third kappa shape index (κ3) is 4.36. The van der Waals surface area contributed by atoms with Crippen LogP contribution in [0.2, 0.25) is 0 Å². The van der Waals surface area contributed by atoms with Crippen LogP contribution in [0.25, 0.3) is 0 Å². The van der Waals surface area contributed by atoms with Crippen LogP contribution in [0.1, 0.15) is 37.7 Å². The molecule has 0 saturated heterocycles. The first kappa shape index (κ1) is 15.1. The summed E-state index contributed by atoms with van der Waals surface area (Å²) in [6.07, 6.45) is 4.24. The number of carbonyl (C=O) groups excluding carboxylic acids is 1. The molecule has 21 heavy (non-hydrogen) atoms. The maximum absolute atomic E-state index is 11.4. The summed E-state index contributed by atoms with van der Waals surface area (Å²) in [7, 11) is 0. The number of hydrogen-bond donors (Lipinski definition) is 0. The SMILES string of the molecule is CCC(c1ccccn1)N(Cc1ccccn1)OC(C)=O. The highest BCUT2D eigenvalue weighted by Gasteiger charge is 2.23. The summed E-state index contributed by atoms with van der Waals surface area (Å²) in [5.41, 5.74) is 1.71. The zero-order valence-corrected chi connectivity index (χ0v) is 12.3. The molecule has 0 fully saturated rings. The van der Waals surface area contributed by atoms with Gasteiger partial charge in [0.1, 0.15) is 0 Å². The van der Waals surface area contributed by atoms with Crippen LogP contribution in [0.3, 0.4) is 0 Å². The predicted octanol–water partition coefficient (Wildman–Crippen LogP) is 2.91. The van der Waals surface area contributed by atoms with Gasteiger partial charge in [0.2, 0.25) is 0 Å². The Morgan fingerprint density at radius 1 is 1.19 bits per heavy atom. The summed E-state index contributed by atoms with van der Waals surface area (Å²) in [5, 5.41) is 1.65. The van der Waals surface area contributed by atoms with Crippen molar-refractivity contribution in [2.24, 2.45) is 0 Å². The standard InChI is InChI=1S/C16H19N3O2/c1-3-16(15-9-5-7-11-18-15)19(21-13(2)20)12-14-8-4-6-10-17-14/h4-11,16H,3,12H2,1-2H3. The van der Waals surface area contributed by atoms with E-state index in [9.17, 15) is 4.79 Å². The molecule has 0 spiro atoms. The normalized spacial score (nSPS) is 12.1. The van der Waals surface area contributed by atoms with Crippen molar-refractivity contribution in [2.75, 3.05) is 0 Å². The summed E-state index contributed by atoms with van der Waals surface area (Å²) in [4.78, 5) is 25.4. The van der Waals surface area contributed by atoms with Gasteiger partial charge < -0.3 is 4.84 Å². The topological polar surface area (TPSA) is 55.3 Å². The number of nitrogens with zero attached hydrogens (tertiary/aromatic N) is 3. The maximum atomic E-state index is 11.4. The minimum Gasteiger partial charge on any atom is -0.367 e. The third-order valence-electron chi connectivity index (χ3n) is 3.05. The molecule has 0 aliphatic carbocycles. The molecule has 0 bridgehead atoms. The van der Waals surface area contributed by atoms with Crippen LogP contribution in [0.15, 0.2) is 48.8 Å². The van der Waals surface area contributed by atoms with Gasteiger partial charge in [0.05, 0.1) is 24.0 Å². The first-order valence-electron chi connectivity index (χ1n) is 6.96. The summed E-state index contributed by atoms with van der Waals surface area (Å²) < 4.78 is 0. The molecular formula is C16H19N3O2. The molecule has 2 aromatic heterocycles. The first-order valence-corrected chi connectivity index (χ1v) is 6.96. The van der Waals surface area contributed by atoms with Gasteiger partial charge in [-0.05, 0) is 30.7 Å². The van der Waals surface area contributed by atoms with E-state index in [1.54, 1.807) is 17.5 Å². The zero-order valence-electron chi connectivity index (χ0n) is 12.3. The van der Waals surface area contributed by atoms with E-state index in [1.807, 2.05) is 43.3 Å². The molecule has 0 N–H and O–H groups in total. The van der Waals surface area contributed by atoms with Crippen LogP contribution in [0.5, 0.6) is 0 Å². The highest BCUT2D eigenvalue weighted by Crippen LogP contribution is 2.24. The minimum atomic E-state index is -0.347. The maximum Gasteiger partial charge on any atom is 0.322 e. The highest BCUT2D eigenvalue weighted by atomic mass is 16.7. The fourth-order valence-electron chi connectivity index (χ4n) is 2.16. The van der Waals surface area contributed by atoms with Crippen LogP contribution in [-0.4, -0.2) is 21.0 Å². The van der Waals surface area contributed by atoms with Gasteiger partial charge in [0.15, 0.2) is 0 Å². The minimum absolute atomic E-state index is 0.0999. The van der Waals surface area contributed by atoms with E-state index in [2.05, 4.69) is 9.97 Å². The molecule has 1 atom stereocenters. The fraction of sp³-hybridized carbons (Fsp3) is 0.312. The van der Waals surface area contributed by atoms with E-state index in [0.29, 0.717) is 6.54 Å². The van der Waals surface area contributed by atoms with Gasteiger partial charge in [-0.15, -0.1) is 5.06 Å². The number of aromatic nitrogens is 2. The lowest BCUT2D eigenvalue weighted by Crippen LogP contribution is -2.31. The van der Waals surface area contributed by atoms with Gasteiger partial charge in [0, 0.05) is 19.3 Å². The Morgan fingerprint density at radius 2 is 1.90 bits per heavy atom. The Hall–Kier alpha value is -2.27. The molecule has 2 heterocycles. The quantitative estimate of drug-likeness (QED) is 0.764. The van der Waals surface area contributed by atoms with Crippen molar-refractivity contribution < 1.29 is 9.63 Å². The second kappa shape index (κ2) is 7.50. The predicted molar refractivity (Wildman–Crippen MR) is 78.8 cm³/mol. The van der Waals surface area contributed by atoms with E-state index in [0.717, 1.165) is 17.8 Å². The largest absolute Gasteiger partial charge is 0.367 e. The molecule has 0 aliphatic rings. The lowest BCUT2D eigenvalue weighted by atomic mass is 10.1. The van der Waals surface area contributed by atoms with E-state index in [4.69, 9.17) is 4.84 Å². The van der Waals surface area contributed by atoms with E-state index >= 15 is 0 Å². The van der Waals surface area contributed by atoms with Crippen LogP contribution >= 0.6 is 0 Å². The average molecular weight is 285 g/mol. The number of hydroxylamine groups is 2. The van der Waals surface area contributed by atoms with Crippen LogP contribution < -0.4 is 0 Å². The monoisotopic (exact) mass is 285 g/mol. The summed E-state index contributed by atoms with van der Waals surface area (Å²) in [5.74, 6) is -0.347. The van der Waals surface area contributed by atoms with Gasteiger partial charge in [-0.1, -0.05) is 19.1 Å². The van der Waals surface area contributed by atoms with Crippen molar-refractivity contribution in [3.63, 3.8) is 0 Å². The molecule has 0 saturated carbocycles. The average Bonchev–Trinajstić information content (AvgIpc) is 2.49. The van der Waals surface area contributed by atoms with Crippen molar-refractivity contribution in [2.45, 2.75) is 32.9 Å². The number of pyridine rings is 2. The summed E-state index contributed by atoms with van der Waals surface area (Å²) >= 11 is 0. The molecule has 0 aliphatic heterocycles. The van der Waals surface area contributed by atoms with Crippen molar-refractivity contribution >= 4 is 5.97 Å². The molecule has 0 radical (unpaired) electrons. The van der Waals surface area contributed by atoms with E-state index < -0.39 is 0 Å². The Labute approximate surface area is 124 Å². The van der Waals surface area contributed by atoms with Gasteiger partial charge >= 0.3 is 5.97 Å². The number of hydrogen-bond acceptors (Lipinski definition) is 5.